The van der Waals surface area contributed by atoms with Crippen molar-refractivity contribution >= 4 is 34.7 Å². The fourth-order valence-corrected chi connectivity index (χ4v) is 5.38. The smallest absolute Gasteiger partial charge is 0.247 e. The fraction of sp³-hybridized carbons (Fsp3) is 0.323. The Bertz CT molecular complexity index is 1360. The van der Waals surface area contributed by atoms with Crippen LogP contribution in [0.1, 0.15) is 56.9 Å². The minimum absolute atomic E-state index is 0.410. The van der Waals surface area contributed by atoms with Gasteiger partial charge in [0.1, 0.15) is 0 Å². The van der Waals surface area contributed by atoms with Gasteiger partial charge in [-0.1, -0.05) is 92.5 Å². The SMILES string of the molecule is CCCCN(CCCC)c1ccc([C@@H]2Nc3ccccc3-c3nnc(SCc4ccc(Cl)cc4)nc3O2)cc1. The van der Waals surface area contributed by atoms with Crippen molar-refractivity contribution in [2.75, 3.05) is 23.3 Å². The number of aromatic nitrogens is 3. The molecule has 0 aliphatic carbocycles. The van der Waals surface area contributed by atoms with E-state index in [2.05, 4.69) is 58.5 Å². The highest BCUT2D eigenvalue weighted by Gasteiger charge is 2.26. The molecule has 202 valence electrons. The quantitative estimate of drug-likeness (QED) is 0.185. The highest BCUT2D eigenvalue weighted by Crippen LogP contribution is 2.40. The molecule has 0 saturated carbocycles. The third-order valence-electron chi connectivity index (χ3n) is 6.74. The van der Waals surface area contributed by atoms with E-state index in [0.717, 1.165) is 40.5 Å². The van der Waals surface area contributed by atoms with Crippen molar-refractivity contribution in [3.63, 3.8) is 0 Å². The van der Waals surface area contributed by atoms with Crippen LogP contribution in [0.15, 0.2) is 78.0 Å². The fourth-order valence-electron chi connectivity index (χ4n) is 4.52. The van der Waals surface area contributed by atoms with Crippen molar-refractivity contribution in [3.05, 3.63) is 88.9 Å². The third kappa shape index (κ3) is 6.84. The van der Waals surface area contributed by atoms with Gasteiger partial charge in [0.15, 0.2) is 11.9 Å². The predicted molar refractivity (Wildman–Crippen MR) is 162 cm³/mol. The average Bonchev–Trinajstić information content (AvgIpc) is 3.14. The minimum Gasteiger partial charge on any atom is -0.448 e. The van der Waals surface area contributed by atoms with Crippen LogP contribution in [0.3, 0.4) is 0 Å². The number of fused-ring (bicyclic) bond motifs is 3. The van der Waals surface area contributed by atoms with Crippen LogP contribution >= 0.6 is 23.4 Å². The summed E-state index contributed by atoms with van der Waals surface area (Å²) in [6.45, 7) is 6.64. The number of benzene rings is 3. The molecule has 2 heterocycles. The van der Waals surface area contributed by atoms with Gasteiger partial charge >= 0.3 is 0 Å². The summed E-state index contributed by atoms with van der Waals surface area (Å²) in [7, 11) is 0. The van der Waals surface area contributed by atoms with E-state index in [4.69, 9.17) is 21.3 Å². The molecular formula is C31H34ClN5OS. The summed E-state index contributed by atoms with van der Waals surface area (Å²) in [5.74, 6) is 1.19. The van der Waals surface area contributed by atoms with Gasteiger partial charge in [-0.15, -0.1) is 10.2 Å². The van der Waals surface area contributed by atoms with E-state index in [1.165, 1.54) is 43.1 Å². The van der Waals surface area contributed by atoms with Crippen molar-refractivity contribution in [2.45, 2.75) is 56.7 Å². The molecule has 0 saturated heterocycles. The van der Waals surface area contributed by atoms with Gasteiger partial charge < -0.3 is 15.0 Å². The number of rotatable bonds is 11. The van der Waals surface area contributed by atoms with Crippen LogP contribution in [0.25, 0.3) is 11.3 Å². The number of hydrogen-bond acceptors (Lipinski definition) is 7. The molecule has 3 aromatic carbocycles. The summed E-state index contributed by atoms with van der Waals surface area (Å²) in [6, 6.07) is 24.6. The van der Waals surface area contributed by atoms with E-state index in [1.807, 2.05) is 48.5 Å². The molecule has 0 spiro atoms. The number of nitrogens with one attached hydrogen (secondary N) is 1. The Morgan fingerprint density at radius 2 is 1.62 bits per heavy atom. The van der Waals surface area contributed by atoms with E-state index >= 15 is 0 Å². The zero-order valence-corrected chi connectivity index (χ0v) is 24.0. The second kappa shape index (κ2) is 13.2. The van der Waals surface area contributed by atoms with Crippen LogP contribution in [-0.2, 0) is 5.75 Å². The maximum absolute atomic E-state index is 6.49. The molecule has 39 heavy (non-hydrogen) atoms. The van der Waals surface area contributed by atoms with E-state index in [9.17, 15) is 0 Å². The zero-order valence-electron chi connectivity index (χ0n) is 22.4. The van der Waals surface area contributed by atoms with Gasteiger partial charge in [-0.3, -0.25) is 0 Å². The number of unbranched alkanes of at least 4 members (excludes halogenated alkanes) is 2. The molecule has 0 amide bonds. The Morgan fingerprint density at radius 3 is 2.33 bits per heavy atom. The molecular weight excluding hydrogens is 526 g/mol. The summed E-state index contributed by atoms with van der Waals surface area (Å²) >= 11 is 7.55. The van der Waals surface area contributed by atoms with Gasteiger partial charge in [0.2, 0.25) is 11.0 Å². The van der Waals surface area contributed by atoms with E-state index in [1.54, 1.807) is 0 Å². The molecule has 1 aliphatic heterocycles. The normalized spacial score (nSPS) is 14.0. The lowest BCUT2D eigenvalue weighted by atomic mass is 10.1. The van der Waals surface area contributed by atoms with Crippen LogP contribution in [0, 0.1) is 0 Å². The van der Waals surface area contributed by atoms with E-state index < -0.39 is 6.23 Å². The summed E-state index contributed by atoms with van der Waals surface area (Å²) in [6.07, 6.45) is 4.35. The molecule has 8 heteroatoms. The van der Waals surface area contributed by atoms with Crippen LogP contribution in [0.2, 0.25) is 5.02 Å². The van der Waals surface area contributed by atoms with Gasteiger partial charge in [-0.05, 0) is 48.7 Å². The molecule has 0 bridgehead atoms. The molecule has 1 N–H and O–H groups in total. The molecule has 6 nitrogen and oxygen atoms in total. The molecule has 0 radical (unpaired) electrons. The monoisotopic (exact) mass is 559 g/mol. The maximum atomic E-state index is 6.49. The summed E-state index contributed by atoms with van der Waals surface area (Å²) in [5, 5.41) is 13.8. The lowest BCUT2D eigenvalue weighted by Crippen LogP contribution is -2.25. The lowest BCUT2D eigenvalue weighted by Gasteiger charge is -2.26. The second-order valence-corrected chi connectivity index (χ2v) is 11.0. The summed E-state index contributed by atoms with van der Waals surface area (Å²) < 4.78 is 6.49. The first-order chi connectivity index (χ1) is 19.1. The number of ether oxygens (including phenoxy) is 1. The van der Waals surface area contributed by atoms with Gasteiger partial charge in [0.25, 0.3) is 0 Å². The molecule has 5 rings (SSSR count). The van der Waals surface area contributed by atoms with Crippen LogP contribution < -0.4 is 15.0 Å². The minimum atomic E-state index is -0.410. The maximum Gasteiger partial charge on any atom is 0.247 e. The first-order valence-electron chi connectivity index (χ1n) is 13.6. The van der Waals surface area contributed by atoms with Crippen molar-refractivity contribution < 1.29 is 4.74 Å². The predicted octanol–water partition coefficient (Wildman–Crippen LogP) is 8.39. The van der Waals surface area contributed by atoms with Crippen LogP contribution in [0.4, 0.5) is 11.4 Å². The lowest BCUT2D eigenvalue weighted by molar-refractivity contribution is 0.225. The number of halogens is 1. The molecule has 1 aliphatic rings. The third-order valence-corrected chi connectivity index (χ3v) is 7.90. The van der Waals surface area contributed by atoms with Crippen LogP contribution in [0.5, 0.6) is 5.88 Å². The Balaban J connectivity index is 1.39. The number of anilines is 2. The van der Waals surface area contributed by atoms with Gasteiger partial charge in [-0.25, -0.2) is 0 Å². The molecule has 1 atom stereocenters. The van der Waals surface area contributed by atoms with Crippen LogP contribution in [-0.4, -0.2) is 28.3 Å². The average molecular weight is 560 g/mol. The number of thioether (sulfide) groups is 1. The van der Waals surface area contributed by atoms with Crippen molar-refractivity contribution in [1.29, 1.82) is 0 Å². The zero-order chi connectivity index (χ0) is 27.0. The molecule has 0 fully saturated rings. The summed E-state index contributed by atoms with van der Waals surface area (Å²) in [4.78, 5) is 7.28. The van der Waals surface area contributed by atoms with Gasteiger partial charge in [-0.2, -0.15) is 4.98 Å². The van der Waals surface area contributed by atoms with Crippen molar-refractivity contribution in [3.8, 4) is 17.1 Å². The Labute approximate surface area is 240 Å². The highest BCUT2D eigenvalue weighted by atomic mass is 35.5. The number of para-hydroxylation sites is 1. The standard InChI is InChI=1S/C31H34ClN5OS/c1-3-5-19-37(20-6-4-2)25-17-13-23(14-18-25)29-33-27-10-8-7-9-26(27)28-30(38-29)34-31(36-35-28)39-21-22-11-15-24(32)16-12-22/h7-18,29,33H,3-6,19-21H2,1-2H3/t29-/m1/s1. The highest BCUT2D eigenvalue weighted by molar-refractivity contribution is 7.98. The summed E-state index contributed by atoms with van der Waals surface area (Å²) in [5.41, 5.74) is 5.92. The van der Waals surface area contributed by atoms with E-state index in [-0.39, 0.29) is 0 Å². The van der Waals surface area contributed by atoms with Gasteiger partial charge in [0.05, 0.1) is 0 Å². The molecule has 4 aromatic rings. The topological polar surface area (TPSA) is 63.2 Å². The Kier molecular flexibility index (Phi) is 9.22. The number of nitrogens with zero attached hydrogens (tertiary/aromatic N) is 4. The Hall–Kier alpha value is -3.29. The molecule has 1 aromatic heterocycles. The molecule has 0 unspecified atom stereocenters. The second-order valence-electron chi connectivity index (χ2n) is 9.64. The van der Waals surface area contributed by atoms with Crippen molar-refractivity contribution in [1.82, 2.24) is 15.2 Å². The van der Waals surface area contributed by atoms with Gasteiger partial charge in [0, 0.05) is 46.4 Å². The first-order valence-corrected chi connectivity index (χ1v) is 15.0. The first kappa shape index (κ1) is 27.3. The van der Waals surface area contributed by atoms with E-state index in [0.29, 0.717) is 22.5 Å². The number of hydrogen-bond donors (Lipinski definition) is 1. The van der Waals surface area contributed by atoms with Crippen molar-refractivity contribution in [2.24, 2.45) is 0 Å². The Morgan fingerprint density at radius 1 is 0.897 bits per heavy atom. The largest absolute Gasteiger partial charge is 0.448 e.